The minimum Gasteiger partial charge on any atom is -0.485 e. The number of ether oxygens (including phenoxy) is 2. The molecule has 0 saturated carbocycles. The highest BCUT2D eigenvalue weighted by Gasteiger charge is 2.27. The van der Waals surface area contributed by atoms with Crippen molar-refractivity contribution in [2.75, 3.05) is 26.3 Å². The van der Waals surface area contributed by atoms with Crippen molar-refractivity contribution < 1.29 is 27.8 Å². The Morgan fingerprint density at radius 2 is 1.90 bits per heavy atom. The van der Waals surface area contributed by atoms with Gasteiger partial charge in [-0.3, -0.25) is 9.59 Å². The zero-order chi connectivity index (χ0) is 22.0. The van der Waals surface area contributed by atoms with Crippen LogP contribution in [0.25, 0.3) is 11.0 Å². The quantitative estimate of drug-likeness (QED) is 0.604. The molecule has 1 aliphatic rings. The largest absolute Gasteiger partial charge is 0.485 e. The second kappa shape index (κ2) is 8.76. The Bertz CT molecular complexity index is 1110. The molecular formula is C21H20F2N4O4. The lowest BCUT2D eigenvalue weighted by Crippen LogP contribution is -2.47. The van der Waals surface area contributed by atoms with Crippen LogP contribution in [0, 0.1) is 11.6 Å². The first-order valence-corrected chi connectivity index (χ1v) is 9.82. The Kier molecular flexibility index (Phi) is 5.90. The number of carbonyl (C=O) groups is 2. The van der Waals surface area contributed by atoms with Gasteiger partial charge in [0.25, 0.3) is 5.91 Å². The summed E-state index contributed by atoms with van der Waals surface area (Å²) in [4.78, 5) is 26.1. The summed E-state index contributed by atoms with van der Waals surface area (Å²) in [7, 11) is 0. The molecule has 0 bridgehead atoms. The van der Waals surface area contributed by atoms with Gasteiger partial charge >= 0.3 is 0 Å². The van der Waals surface area contributed by atoms with Gasteiger partial charge in [0.15, 0.2) is 23.2 Å². The number of fused-ring (bicyclic) bond motifs is 1. The Balaban J connectivity index is 1.41. The molecule has 1 saturated heterocycles. The van der Waals surface area contributed by atoms with Crippen LogP contribution in [0.5, 0.6) is 5.75 Å². The fourth-order valence-corrected chi connectivity index (χ4v) is 3.40. The third kappa shape index (κ3) is 4.38. The molecule has 0 spiro atoms. The molecule has 1 aromatic heterocycles. The van der Waals surface area contributed by atoms with E-state index in [-0.39, 0.29) is 43.4 Å². The number of hydrogen-bond donors (Lipinski definition) is 1. The number of halogens is 2. The average Bonchev–Trinajstić information content (AvgIpc) is 3.25. The number of aromatic nitrogens is 3. The van der Waals surface area contributed by atoms with E-state index < -0.39 is 23.5 Å². The maximum absolute atomic E-state index is 14.3. The molecule has 3 aromatic rings. The Labute approximate surface area is 176 Å². The van der Waals surface area contributed by atoms with Crippen molar-refractivity contribution in [2.24, 2.45) is 0 Å². The zero-order valence-corrected chi connectivity index (χ0v) is 16.7. The summed E-state index contributed by atoms with van der Waals surface area (Å²) in [5.41, 5.74) is 1.64. The third-order valence-electron chi connectivity index (χ3n) is 5.04. The van der Waals surface area contributed by atoms with Gasteiger partial charge in [0, 0.05) is 24.1 Å². The summed E-state index contributed by atoms with van der Waals surface area (Å²) in [6.45, 7) is 2.30. The van der Waals surface area contributed by atoms with Crippen LogP contribution >= 0.6 is 0 Å². The third-order valence-corrected chi connectivity index (χ3v) is 5.04. The number of Topliss-reactive ketones (excluding diaryl/α,β-unsaturated/α-hetero) is 1. The number of ketones is 1. The number of morpholine rings is 1. The monoisotopic (exact) mass is 430 g/mol. The second-order valence-corrected chi connectivity index (χ2v) is 7.13. The number of rotatable bonds is 6. The summed E-state index contributed by atoms with van der Waals surface area (Å²) < 4.78 is 39.4. The van der Waals surface area contributed by atoms with Gasteiger partial charge in [0.2, 0.25) is 0 Å². The molecule has 162 valence electrons. The minimum atomic E-state index is -0.957. The maximum atomic E-state index is 14.3. The molecular weight excluding hydrogens is 410 g/mol. The van der Waals surface area contributed by atoms with Crippen molar-refractivity contribution in [3.8, 4) is 5.75 Å². The van der Waals surface area contributed by atoms with Gasteiger partial charge in [-0.25, -0.2) is 8.78 Å². The van der Waals surface area contributed by atoms with Crippen LogP contribution in [-0.2, 0) is 4.74 Å². The Hall–Kier alpha value is -3.40. The van der Waals surface area contributed by atoms with Crippen LogP contribution in [0.15, 0.2) is 30.3 Å². The normalized spacial score (nSPS) is 16.5. The maximum Gasteiger partial charge on any atom is 0.254 e. The molecule has 1 amide bonds. The van der Waals surface area contributed by atoms with Crippen molar-refractivity contribution in [3.05, 3.63) is 53.1 Å². The van der Waals surface area contributed by atoms with Gasteiger partial charge in [-0.05, 0) is 30.3 Å². The van der Waals surface area contributed by atoms with Gasteiger partial charge in [-0.1, -0.05) is 6.92 Å². The highest BCUT2D eigenvalue weighted by atomic mass is 19.1. The summed E-state index contributed by atoms with van der Waals surface area (Å²) in [5.74, 6) is -3.06. The van der Waals surface area contributed by atoms with E-state index in [9.17, 15) is 18.4 Å². The molecule has 2 aromatic carbocycles. The average molecular weight is 430 g/mol. The number of hydrogen-bond acceptors (Lipinski definition) is 6. The second-order valence-electron chi connectivity index (χ2n) is 7.13. The van der Waals surface area contributed by atoms with Gasteiger partial charge in [-0.2, -0.15) is 15.4 Å². The first-order chi connectivity index (χ1) is 15.0. The number of benzene rings is 2. The van der Waals surface area contributed by atoms with E-state index in [1.165, 1.54) is 0 Å². The molecule has 1 unspecified atom stereocenters. The van der Waals surface area contributed by atoms with Crippen LogP contribution in [-0.4, -0.2) is 64.4 Å². The van der Waals surface area contributed by atoms with Crippen LogP contribution in [0.1, 0.15) is 34.1 Å². The zero-order valence-electron chi connectivity index (χ0n) is 16.7. The fourth-order valence-electron chi connectivity index (χ4n) is 3.40. The predicted octanol–water partition coefficient (Wildman–Crippen LogP) is 2.75. The summed E-state index contributed by atoms with van der Waals surface area (Å²) in [6.07, 6.45) is -0.424. The SMILES string of the molecule is CCC(=O)c1cc(F)c(OCC2CN(C(=O)c3ccc4n[nH]nc4c3)CCO2)c(F)c1. The van der Waals surface area contributed by atoms with Crippen molar-refractivity contribution in [3.63, 3.8) is 0 Å². The minimum absolute atomic E-state index is 0.0420. The molecule has 1 N–H and O–H groups in total. The lowest BCUT2D eigenvalue weighted by molar-refractivity contribution is -0.0410. The van der Waals surface area contributed by atoms with Crippen molar-refractivity contribution in [1.82, 2.24) is 20.3 Å². The first kappa shape index (κ1) is 20.9. The van der Waals surface area contributed by atoms with E-state index in [1.807, 2.05) is 0 Å². The number of H-pyrrole nitrogens is 1. The molecule has 0 radical (unpaired) electrons. The number of amides is 1. The van der Waals surface area contributed by atoms with E-state index in [0.29, 0.717) is 23.1 Å². The van der Waals surface area contributed by atoms with E-state index in [0.717, 1.165) is 12.1 Å². The van der Waals surface area contributed by atoms with Crippen molar-refractivity contribution in [1.29, 1.82) is 0 Å². The predicted molar refractivity (Wildman–Crippen MR) is 106 cm³/mol. The number of nitrogens with one attached hydrogen (secondary N) is 1. The highest BCUT2D eigenvalue weighted by Crippen LogP contribution is 2.25. The molecule has 1 fully saturated rings. The van der Waals surface area contributed by atoms with Gasteiger partial charge < -0.3 is 14.4 Å². The molecule has 2 heterocycles. The van der Waals surface area contributed by atoms with Gasteiger partial charge in [0.05, 0.1) is 13.2 Å². The summed E-state index contributed by atoms with van der Waals surface area (Å²) in [5, 5.41) is 10.4. The molecule has 8 nitrogen and oxygen atoms in total. The molecule has 1 aliphatic heterocycles. The van der Waals surface area contributed by atoms with E-state index >= 15 is 0 Å². The number of carbonyl (C=O) groups excluding carboxylic acids is 2. The summed E-state index contributed by atoms with van der Waals surface area (Å²) >= 11 is 0. The highest BCUT2D eigenvalue weighted by molar-refractivity contribution is 5.97. The number of aromatic amines is 1. The van der Waals surface area contributed by atoms with Crippen molar-refractivity contribution in [2.45, 2.75) is 19.4 Å². The van der Waals surface area contributed by atoms with Crippen molar-refractivity contribution >= 4 is 22.7 Å². The molecule has 31 heavy (non-hydrogen) atoms. The Morgan fingerprint density at radius 1 is 1.16 bits per heavy atom. The number of nitrogens with zero attached hydrogens (tertiary/aromatic N) is 3. The van der Waals surface area contributed by atoms with E-state index in [4.69, 9.17) is 9.47 Å². The first-order valence-electron chi connectivity index (χ1n) is 9.82. The lowest BCUT2D eigenvalue weighted by atomic mass is 10.1. The topological polar surface area (TPSA) is 97.4 Å². The van der Waals surface area contributed by atoms with Crippen LogP contribution < -0.4 is 4.74 Å². The Morgan fingerprint density at radius 3 is 2.65 bits per heavy atom. The fraction of sp³-hybridized carbons (Fsp3) is 0.333. The molecule has 10 heteroatoms. The molecule has 0 aliphatic carbocycles. The van der Waals surface area contributed by atoms with E-state index in [1.54, 1.807) is 30.0 Å². The smallest absolute Gasteiger partial charge is 0.254 e. The van der Waals surface area contributed by atoms with Gasteiger partial charge in [-0.15, -0.1) is 0 Å². The van der Waals surface area contributed by atoms with Crippen LogP contribution in [0.4, 0.5) is 8.78 Å². The van der Waals surface area contributed by atoms with Crippen LogP contribution in [0.3, 0.4) is 0 Å². The molecule has 1 atom stereocenters. The standard InChI is InChI=1S/C21H20F2N4O4/c1-2-19(28)13-7-15(22)20(16(23)8-13)31-11-14-10-27(5-6-30-14)21(29)12-3-4-17-18(9-12)25-26-24-17/h3-4,7-9,14H,2,5-6,10-11H2,1H3,(H,24,25,26). The lowest BCUT2D eigenvalue weighted by Gasteiger charge is -2.33. The van der Waals surface area contributed by atoms with Crippen LogP contribution in [0.2, 0.25) is 0 Å². The summed E-state index contributed by atoms with van der Waals surface area (Å²) in [6, 6.07) is 6.93. The molecule has 4 rings (SSSR count). The van der Waals surface area contributed by atoms with E-state index in [2.05, 4.69) is 15.4 Å². The van der Waals surface area contributed by atoms with Gasteiger partial charge in [0.1, 0.15) is 23.7 Å².